The molecule has 0 aromatic heterocycles. The molecule has 1 aromatic carbocycles. The summed E-state index contributed by atoms with van der Waals surface area (Å²) in [4.78, 5) is 27.1. The molecule has 1 aliphatic rings. The van der Waals surface area contributed by atoms with Gasteiger partial charge in [0.1, 0.15) is 0 Å². The van der Waals surface area contributed by atoms with Crippen LogP contribution in [0.25, 0.3) is 0 Å². The molecule has 6 heteroatoms. The molecular weight excluding hydrogens is 236 g/mol. The lowest BCUT2D eigenvalue weighted by Gasteiger charge is -2.14. The fourth-order valence-electron chi connectivity index (χ4n) is 1.78. The maximum absolute atomic E-state index is 11.9. The Morgan fingerprint density at radius 2 is 2.11 bits per heavy atom. The van der Waals surface area contributed by atoms with Gasteiger partial charge in [-0.2, -0.15) is 0 Å². The van der Waals surface area contributed by atoms with Crippen molar-refractivity contribution >= 4 is 11.6 Å². The Hall–Kier alpha value is -1.95. The van der Waals surface area contributed by atoms with Crippen molar-refractivity contribution in [2.75, 3.05) is 14.2 Å². The molecule has 1 amide bonds. The minimum absolute atomic E-state index is 0.0488. The van der Waals surface area contributed by atoms with Crippen LogP contribution in [0, 0.1) is 10.1 Å². The zero-order valence-electron chi connectivity index (χ0n) is 10.3. The third-order valence-corrected chi connectivity index (χ3v) is 3.01. The van der Waals surface area contributed by atoms with Crippen LogP contribution >= 0.6 is 0 Å². The van der Waals surface area contributed by atoms with Gasteiger partial charge in [0.05, 0.1) is 12.0 Å². The van der Waals surface area contributed by atoms with Gasteiger partial charge >= 0.3 is 0 Å². The Bertz CT molecular complexity index is 497. The highest BCUT2D eigenvalue weighted by molar-refractivity contribution is 5.94. The SMILES string of the molecule is CON(C)C(=O)c1cc(C2CC2)cc([N+](=O)[O-])c1. The quantitative estimate of drug-likeness (QED) is 0.606. The number of rotatable bonds is 4. The monoisotopic (exact) mass is 250 g/mol. The molecule has 0 atom stereocenters. The second kappa shape index (κ2) is 4.73. The molecule has 0 saturated heterocycles. The number of carbonyl (C=O) groups excluding carboxylic acids is 1. The minimum atomic E-state index is -0.477. The molecule has 0 heterocycles. The molecule has 96 valence electrons. The average Bonchev–Trinajstić information content (AvgIpc) is 3.20. The van der Waals surface area contributed by atoms with Crippen LogP contribution in [0.4, 0.5) is 5.69 Å². The number of carbonyl (C=O) groups is 1. The van der Waals surface area contributed by atoms with Crippen molar-refractivity contribution in [2.45, 2.75) is 18.8 Å². The first-order valence-electron chi connectivity index (χ1n) is 5.64. The van der Waals surface area contributed by atoms with E-state index in [1.807, 2.05) is 0 Å². The van der Waals surface area contributed by atoms with Crippen molar-refractivity contribution in [1.29, 1.82) is 0 Å². The van der Waals surface area contributed by atoms with Crippen LogP contribution < -0.4 is 0 Å². The van der Waals surface area contributed by atoms with Crippen molar-refractivity contribution in [3.05, 3.63) is 39.4 Å². The van der Waals surface area contributed by atoms with Crippen LogP contribution in [0.3, 0.4) is 0 Å². The molecule has 1 aliphatic carbocycles. The molecule has 1 saturated carbocycles. The van der Waals surface area contributed by atoms with Crippen molar-refractivity contribution < 1.29 is 14.6 Å². The Morgan fingerprint density at radius 3 is 2.61 bits per heavy atom. The molecule has 0 aliphatic heterocycles. The Morgan fingerprint density at radius 1 is 1.44 bits per heavy atom. The van der Waals surface area contributed by atoms with Crippen molar-refractivity contribution in [3.63, 3.8) is 0 Å². The Kier molecular flexibility index (Phi) is 3.29. The number of amides is 1. The number of hydrogen-bond acceptors (Lipinski definition) is 4. The second-order valence-electron chi connectivity index (χ2n) is 4.33. The predicted molar refractivity (Wildman–Crippen MR) is 64.2 cm³/mol. The van der Waals surface area contributed by atoms with Gasteiger partial charge in [-0.1, -0.05) is 0 Å². The summed E-state index contributed by atoms with van der Waals surface area (Å²) >= 11 is 0. The number of benzene rings is 1. The minimum Gasteiger partial charge on any atom is -0.274 e. The van der Waals surface area contributed by atoms with Crippen molar-refractivity contribution in [1.82, 2.24) is 5.06 Å². The van der Waals surface area contributed by atoms with Crippen molar-refractivity contribution in [2.24, 2.45) is 0 Å². The topological polar surface area (TPSA) is 72.7 Å². The van der Waals surface area contributed by atoms with E-state index in [2.05, 4.69) is 0 Å². The van der Waals surface area contributed by atoms with Gasteiger partial charge in [0.2, 0.25) is 0 Å². The maximum atomic E-state index is 11.9. The molecule has 18 heavy (non-hydrogen) atoms. The predicted octanol–water partition coefficient (Wildman–Crippen LogP) is 2.11. The average molecular weight is 250 g/mol. The van der Waals surface area contributed by atoms with Gasteiger partial charge in [-0.15, -0.1) is 0 Å². The van der Waals surface area contributed by atoms with Gasteiger partial charge in [0.15, 0.2) is 0 Å². The van der Waals surface area contributed by atoms with E-state index >= 15 is 0 Å². The Balaban J connectivity index is 2.39. The van der Waals surface area contributed by atoms with E-state index in [1.54, 1.807) is 12.1 Å². The van der Waals surface area contributed by atoms with Crippen molar-refractivity contribution in [3.8, 4) is 0 Å². The molecule has 1 aromatic rings. The molecule has 2 rings (SSSR count). The lowest BCUT2D eigenvalue weighted by molar-refractivity contribution is -0.384. The highest BCUT2D eigenvalue weighted by atomic mass is 16.7. The van der Waals surface area contributed by atoms with Crippen LogP contribution in [0.15, 0.2) is 18.2 Å². The summed E-state index contributed by atoms with van der Waals surface area (Å²) in [7, 11) is 2.84. The van der Waals surface area contributed by atoms with Gasteiger partial charge < -0.3 is 0 Å². The molecule has 1 fully saturated rings. The molecule has 0 radical (unpaired) electrons. The number of nitro groups is 1. The highest BCUT2D eigenvalue weighted by Crippen LogP contribution is 2.41. The molecular formula is C12H14N2O4. The lowest BCUT2D eigenvalue weighted by Crippen LogP contribution is -2.25. The molecule has 0 spiro atoms. The number of non-ortho nitro benzene ring substituents is 1. The fourth-order valence-corrected chi connectivity index (χ4v) is 1.78. The summed E-state index contributed by atoms with van der Waals surface area (Å²) in [6.45, 7) is 0. The second-order valence-corrected chi connectivity index (χ2v) is 4.33. The summed E-state index contributed by atoms with van der Waals surface area (Å²) < 4.78 is 0. The molecule has 6 nitrogen and oxygen atoms in total. The first-order chi connectivity index (χ1) is 8.52. The molecule has 0 bridgehead atoms. The fraction of sp³-hybridized carbons (Fsp3) is 0.417. The zero-order chi connectivity index (χ0) is 13.3. The summed E-state index contributed by atoms with van der Waals surface area (Å²) in [6.07, 6.45) is 2.05. The smallest absolute Gasteiger partial charge is 0.274 e. The molecule has 0 N–H and O–H groups in total. The lowest BCUT2D eigenvalue weighted by atomic mass is 10.1. The molecule has 0 unspecified atom stereocenters. The van der Waals surface area contributed by atoms with Crippen LogP contribution in [0.5, 0.6) is 0 Å². The first kappa shape index (κ1) is 12.5. The summed E-state index contributed by atoms with van der Waals surface area (Å²) in [5.74, 6) is -0.0348. The van der Waals surface area contributed by atoms with Crippen LogP contribution in [0.1, 0.15) is 34.7 Å². The van der Waals surface area contributed by atoms with Gasteiger partial charge in [0, 0.05) is 24.7 Å². The standard InChI is InChI=1S/C12H14N2O4/c1-13(18-2)12(15)10-5-9(8-3-4-8)6-11(7-10)14(16)17/h5-8H,3-4H2,1-2H3. The van der Waals surface area contributed by atoms with Crippen LogP contribution in [0.2, 0.25) is 0 Å². The number of hydroxylamine groups is 2. The number of nitro benzene ring substituents is 1. The van der Waals surface area contributed by atoms with E-state index < -0.39 is 4.92 Å². The normalized spacial score (nSPS) is 14.3. The van der Waals surface area contributed by atoms with Gasteiger partial charge in [-0.05, 0) is 30.4 Å². The van der Waals surface area contributed by atoms with Gasteiger partial charge in [0.25, 0.3) is 11.6 Å². The van der Waals surface area contributed by atoms with Gasteiger partial charge in [-0.3, -0.25) is 19.7 Å². The number of nitrogens with zero attached hydrogens (tertiary/aromatic N) is 2. The van der Waals surface area contributed by atoms with E-state index in [0.29, 0.717) is 5.92 Å². The third kappa shape index (κ3) is 2.48. The summed E-state index contributed by atoms with van der Waals surface area (Å²) in [5, 5.41) is 11.9. The highest BCUT2D eigenvalue weighted by Gasteiger charge is 2.27. The summed E-state index contributed by atoms with van der Waals surface area (Å²) in [6, 6.07) is 4.54. The maximum Gasteiger partial charge on any atom is 0.277 e. The zero-order valence-corrected chi connectivity index (χ0v) is 10.3. The van der Waals surface area contributed by atoms with Crippen LogP contribution in [-0.4, -0.2) is 30.1 Å². The first-order valence-corrected chi connectivity index (χ1v) is 5.64. The number of hydrogen-bond donors (Lipinski definition) is 0. The van der Waals surface area contributed by atoms with E-state index in [-0.39, 0.29) is 17.2 Å². The van der Waals surface area contributed by atoms with Gasteiger partial charge in [-0.25, -0.2) is 5.06 Å². The largest absolute Gasteiger partial charge is 0.277 e. The Labute approximate surface area is 104 Å². The summed E-state index contributed by atoms with van der Waals surface area (Å²) in [5.41, 5.74) is 1.10. The van der Waals surface area contributed by atoms with E-state index in [9.17, 15) is 14.9 Å². The van der Waals surface area contributed by atoms with E-state index in [4.69, 9.17) is 4.84 Å². The van der Waals surface area contributed by atoms with E-state index in [0.717, 1.165) is 23.5 Å². The van der Waals surface area contributed by atoms with Crippen LogP contribution in [-0.2, 0) is 4.84 Å². The van der Waals surface area contributed by atoms with E-state index in [1.165, 1.54) is 20.2 Å². The third-order valence-electron chi connectivity index (χ3n) is 3.01.